The molecule has 0 radical (unpaired) electrons. The van der Waals surface area contributed by atoms with Crippen LogP contribution in [0.3, 0.4) is 0 Å². The number of nitrogens with zero attached hydrogens (tertiary/aromatic N) is 4. The third-order valence-electron chi connectivity index (χ3n) is 4.06. The van der Waals surface area contributed by atoms with Crippen LogP contribution in [0.15, 0.2) is 42.5 Å². The van der Waals surface area contributed by atoms with Gasteiger partial charge in [0.1, 0.15) is 6.54 Å². The molecule has 8 heteroatoms. The molecule has 0 fully saturated rings. The molecule has 1 amide bonds. The monoisotopic (exact) mass is 365 g/mol. The van der Waals surface area contributed by atoms with Crippen LogP contribution in [0.1, 0.15) is 21.5 Å². The van der Waals surface area contributed by atoms with Crippen LogP contribution in [0.2, 0.25) is 0 Å². The highest BCUT2D eigenvalue weighted by Crippen LogP contribution is 2.19. The molecule has 0 aliphatic carbocycles. The molecule has 3 rings (SSSR count). The van der Waals surface area contributed by atoms with Crippen molar-refractivity contribution in [2.45, 2.75) is 20.4 Å². The predicted molar refractivity (Wildman–Crippen MR) is 99.1 cm³/mol. The summed E-state index contributed by atoms with van der Waals surface area (Å²) in [5.41, 5.74) is 3.60. The lowest BCUT2D eigenvalue weighted by Crippen LogP contribution is -2.21. The van der Waals surface area contributed by atoms with Crippen molar-refractivity contribution in [2.24, 2.45) is 0 Å². The quantitative estimate of drug-likeness (QED) is 0.697. The van der Waals surface area contributed by atoms with Crippen molar-refractivity contribution in [1.29, 1.82) is 0 Å². The number of methoxy groups -OCH3 is 1. The Morgan fingerprint density at radius 3 is 2.63 bits per heavy atom. The Morgan fingerprint density at radius 1 is 1.11 bits per heavy atom. The van der Waals surface area contributed by atoms with Gasteiger partial charge < -0.3 is 10.1 Å². The topological polar surface area (TPSA) is 99.0 Å². The molecular formula is C19H19N5O3. The summed E-state index contributed by atoms with van der Waals surface area (Å²) in [5.74, 6) is -0.329. The number of carbonyl (C=O) groups excluding carboxylic acids is 2. The fraction of sp³-hybridized carbons (Fsp3) is 0.211. The number of hydrogen-bond acceptors (Lipinski definition) is 6. The van der Waals surface area contributed by atoms with Gasteiger partial charge in [0.2, 0.25) is 11.7 Å². The maximum Gasteiger partial charge on any atom is 0.337 e. The number of benzene rings is 2. The molecular weight excluding hydrogens is 346 g/mol. The molecule has 2 aromatic carbocycles. The largest absolute Gasteiger partial charge is 0.465 e. The zero-order chi connectivity index (χ0) is 19.4. The Hall–Kier alpha value is -3.55. The number of carbonyl (C=O) groups is 2. The van der Waals surface area contributed by atoms with E-state index in [9.17, 15) is 9.59 Å². The van der Waals surface area contributed by atoms with E-state index in [1.165, 1.54) is 11.9 Å². The number of hydrogen-bond donors (Lipinski definition) is 1. The smallest absolute Gasteiger partial charge is 0.337 e. The fourth-order valence-corrected chi connectivity index (χ4v) is 2.56. The summed E-state index contributed by atoms with van der Waals surface area (Å²) in [6.07, 6.45) is 0. The number of amides is 1. The third kappa shape index (κ3) is 4.17. The van der Waals surface area contributed by atoms with E-state index in [1.54, 1.807) is 18.2 Å². The number of aromatic nitrogens is 4. The normalized spacial score (nSPS) is 10.5. The van der Waals surface area contributed by atoms with Gasteiger partial charge in [-0.3, -0.25) is 4.79 Å². The molecule has 0 saturated heterocycles. The second-order valence-corrected chi connectivity index (χ2v) is 6.03. The lowest BCUT2D eigenvalue weighted by atomic mass is 10.1. The van der Waals surface area contributed by atoms with E-state index in [-0.39, 0.29) is 12.5 Å². The van der Waals surface area contributed by atoms with Crippen LogP contribution in [0.4, 0.5) is 5.69 Å². The minimum atomic E-state index is -0.466. The maximum absolute atomic E-state index is 12.3. The molecule has 1 N–H and O–H groups in total. The van der Waals surface area contributed by atoms with Gasteiger partial charge in [0, 0.05) is 11.3 Å². The molecule has 138 valence electrons. The number of esters is 1. The lowest BCUT2D eigenvalue weighted by molar-refractivity contribution is -0.117. The SMILES string of the molecule is COC(=O)c1ccc(C)c(NC(=O)Cn2nnc(-c3ccccc3C)n2)c1. The van der Waals surface area contributed by atoms with Crippen molar-refractivity contribution in [2.75, 3.05) is 12.4 Å². The minimum absolute atomic E-state index is 0.0965. The van der Waals surface area contributed by atoms with Crippen molar-refractivity contribution < 1.29 is 14.3 Å². The molecule has 3 aromatic rings. The molecule has 0 spiro atoms. The lowest BCUT2D eigenvalue weighted by Gasteiger charge is -2.09. The summed E-state index contributed by atoms with van der Waals surface area (Å²) in [4.78, 5) is 25.2. The molecule has 0 bridgehead atoms. The standard InChI is InChI=1S/C19H19N5O3/c1-12-6-4-5-7-15(12)18-21-23-24(22-18)11-17(25)20-16-10-14(19(26)27-3)9-8-13(16)2/h4-10H,11H2,1-3H3,(H,20,25). The Bertz CT molecular complexity index is 997. The van der Waals surface area contributed by atoms with Crippen LogP contribution < -0.4 is 5.32 Å². The first-order valence-corrected chi connectivity index (χ1v) is 8.30. The molecule has 0 saturated carbocycles. The zero-order valence-electron chi connectivity index (χ0n) is 15.3. The molecule has 8 nitrogen and oxygen atoms in total. The summed E-state index contributed by atoms with van der Waals surface area (Å²) < 4.78 is 4.70. The molecule has 1 aromatic heterocycles. The van der Waals surface area contributed by atoms with Gasteiger partial charge in [-0.15, -0.1) is 10.2 Å². The first-order chi connectivity index (χ1) is 13.0. The number of rotatable bonds is 5. The van der Waals surface area contributed by atoms with Gasteiger partial charge in [-0.25, -0.2) is 4.79 Å². The van der Waals surface area contributed by atoms with Crippen molar-refractivity contribution >= 4 is 17.6 Å². The molecule has 0 unspecified atom stereocenters. The van der Waals surface area contributed by atoms with Gasteiger partial charge in [0.15, 0.2) is 0 Å². The van der Waals surface area contributed by atoms with E-state index >= 15 is 0 Å². The van der Waals surface area contributed by atoms with Crippen LogP contribution in [0, 0.1) is 13.8 Å². The zero-order valence-corrected chi connectivity index (χ0v) is 15.3. The van der Waals surface area contributed by atoms with Gasteiger partial charge in [-0.1, -0.05) is 30.3 Å². The van der Waals surface area contributed by atoms with E-state index < -0.39 is 5.97 Å². The van der Waals surface area contributed by atoms with Crippen LogP contribution in [-0.2, 0) is 16.1 Å². The Kier molecular flexibility index (Phi) is 5.25. The van der Waals surface area contributed by atoms with E-state index in [4.69, 9.17) is 4.74 Å². The van der Waals surface area contributed by atoms with Crippen LogP contribution in [-0.4, -0.2) is 39.2 Å². The van der Waals surface area contributed by atoms with Gasteiger partial charge in [0.05, 0.1) is 12.7 Å². The molecule has 0 aliphatic heterocycles. The third-order valence-corrected chi connectivity index (χ3v) is 4.06. The van der Waals surface area contributed by atoms with E-state index in [1.807, 2.05) is 38.1 Å². The highest BCUT2D eigenvalue weighted by molar-refractivity contribution is 5.95. The Labute approximate surface area is 156 Å². The number of aryl methyl sites for hydroxylation is 2. The van der Waals surface area contributed by atoms with Gasteiger partial charge >= 0.3 is 5.97 Å². The van der Waals surface area contributed by atoms with Gasteiger partial charge in [-0.05, 0) is 42.3 Å². The highest BCUT2D eigenvalue weighted by Gasteiger charge is 2.13. The number of anilines is 1. The molecule has 0 atom stereocenters. The molecule has 0 aliphatic rings. The summed E-state index contributed by atoms with van der Waals surface area (Å²) in [6.45, 7) is 3.70. The summed E-state index contributed by atoms with van der Waals surface area (Å²) in [7, 11) is 1.31. The summed E-state index contributed by atoms with van der Waals surface area (Å²) >= 11 is 0. The molecule has 27 heavy (non-hydrogen) atoms. The number of ether oxygens (including phenoxy) is 1. The Morgan fingerprint density at radius 2 is 1.89 bits per heavy atom. The van der Waals surface area contributed by atoms with Crippen LogP contribution in [0.5, 0.6) is 0 Å². The minimum Gasteiger partial charge on any atom is -0.465 e. The fourth-order valence-electron chi connectivity index (χ4n) is 2.56. The van der Waals surface area contributed by atoms with E-state index in [0.29, 0.717) is 17.1 Å². The summed E-state index contributed by atoms with van der Waals surface area (Å²) in [5, 5.41) is 15.0. The van der Waals surface area contributed by atoms with Crippen molar-refractivity contribution in [1.82, 2.24) is 20.2 Å². The highest BCUT2D eigenvalue weighted by atomic mass is 16.5. The van der Waals surface area contributed by atoms with Crippen LogP contribution in [0.25, 0.3) is 11.4 Å². The van der Waals surface area contributed by atoms with Crippen molar-refractivity contribution in [3.8, 4) is 11.4 Å². The second kappa shape index (κ2) is 7.77. The van der Waals surface area contributed by atoms with Gasteiger partial charge in [-0.2, -0.15) is 4.80 Å². The Balaban J connectivity index is 1.72. The molecule has 1 heterocycles. The van der Waals surface area contributed by atoms with E-state index in [0.717, 1.165) is 16.7 Å². The van der Waals surface area contributed by atoms with Gasteiger partial charge in [0.25, 0.3) is 0 Å². The van der Waals surface area contributed by atoms with Crippen molar-refractivity contribution in [3.05, 3.63) is 59.2 Å². The first-order valence-electron chi connectivity index (χ1n) is 8.30. The van der Waals surface area contributed by atoms with Crippen molar-refractivity contribution in [3.63, 3.8) is 0 Å². The first kappa shape index (κ1) is 18.2. The predicted octanol–water partition coefficient (Wildman–Crippen LogP) is 2.38. The van der Waals surface area contributed by atoms with E-state index in [2.05, 4.69) is 20.7 Å². The average Bonchev–Trinajstić information content (AvgIpc) is 3.11. The number of tetrazole rings is 1. The number of nitrogens with one attached hydrogen (secondary N) is 1. The maximum atomic E-state index is 12.3. The second-order valence-electron chi connectivity index (χ2n) is 6.03. The summed E-state index contributed by atoms with van der Waals surface area (Å²) in [6, 6.07) is 12.6. The van der Waals surface area contributed by atoms with Crippen LogP contribution >= 0.6 is 0 Å². The average molecular weight is 365 g/mol.